The van der Waals surface area contributed by atoms with Crippen LogP contribution in [0.4, 0.5) is 20.3 Å². The summed E-state index contributed by atoms with van der Waals surface area (Å²) < 4.78 is 29.5. The van der Waals surface area contributed by atoms with E-state index in [4.69, 9.17) is 10.5 Å². The lowest BCUT2D eigenvalue weighted by molar-refractivity contribution is 0.163. The first kappa shape index (κ1) is 11.9. The lowest BCUT2D eigenvalue weighted by Gasteiger charge is -2.10. The highest BCUT2D eigenvalue weighted by molar-refractivity contribution is 5.53. The standard InChI is InChI=1S/C11H15F2N3O/c12-9(13)5-15-10-4-3-8(14)11(16-10)17-6-7-1-2-7/h3-4,7,9H,1-2,5-6,14H2,(H,15,16). The lowest BCUT2D eigenvalue weighted by atomic mass is 10.4. The molecule has 1 saturated carbocycles. The van der Waals surface area contributed by atoms with Crippen molar-refractivity contribution in [3.63, 3.8) is 0 Å². The molecule has 0 spiro atoms. The number of nitrogens with two attached hydrogens (primary N) is 1. The van der Waals surface area contributed by atoms with Gasteiger partial charge in [0.25, 0.3) is 6.43 Å². The third-order valence-electron chi connectivity index (χ3n) is 2.48. The third-order valence-corrected chi connectivity index (χ3v) is 2.48. The van der Waals surface area contributed by atoms with Crippen LogP contribution in [-0.2, 0) is 0 Å². The van der Waals surface area contributed by atoms with Gasteiger partial charge in [0.2, 0.25) is 5.88 Å². The molecule has 1 aromatic heterocycles. The average Bonchev–Trinajstić information content (AvgIpc) is 3.10. The van der Waals surface area contributed by atoms with E-state index in [2.05, 4.69) is 10.3 Å². The number of pyridine rings is 1. The van der Waals surface area contributed by atoms with Crippen molar-refractivity contribution < 1.29 is 13.5 Å². The fraction of sp³-hybridized carbons (Fsp3) is 0.545. The molecule has 0 aliphatic heterocycles. The van der Waals surface area contributed by atoms with E-state index in [9.17, 15) is 8.78 Å². The molecule has 0 saturated heterocycles. The fourth-order valence-corrected chi connectivity index (χ4v) is 1.33. The molecule has 1 aromatic rings. The number of nitrogens with one attached hydrogen (secondary N) is 1. The van der Waals surface area contributed by atoms with E-state index < -0.39 is 13.0 Å². The van der Waals surface area contributed by atoms with Crippen molar-refractivity contribution >= 4 is 11.5 Å². The van der Waals surface area contributed by atoms with Gasteiger partial charge >= 0.3 is 0 Å². The molecule has 2 rings (SSSR count). The van der Waals surface area contributed by atoms with Crippen molar-refractivity contribution in [3.8, 4) is 5.88 Å². The number of nitrogens with zero attached hydrogens (tertiary/aromatic N) is 1. The molecule has 1 fully saturated rings. The molecular formula is C11H15F2N3O. The van der Waals surface area contributed by atoms with E-state index in [1.807, 2.05) is 0 Å². The summed E-state index contributed by atoms with van der Waals surface area (Å²) in [5.41, 5.74) is 6.11. The van der Waals surface area contributed by atoms with Gasteiger partial charge in [-0.05, 0) is 30.9 Å². The molecule has 0 bridgehead atoms. The monoisotopic (exact) mass is 243 g/mol. The Morgan fingerprint density at radius 3 is 2.88 bits per heavy atom. The lowest BCUT2D eigenvalue weighted by Crippen LogP contribution is -2.12. The molecule has 0 unspecified atom stereocenters. The van der Waals surface area contributed by atoms with Gasteiger partial charge in [-0.1, -0.05) is 0 Å². The number of ether oxygens (including phenoxy) is 1. The van der Waals surface area contributed by atoms with Gasteiger partial charge in [-0.3, -0.25) is 0 Å². The van der Waals surface area contributed by atoms with Gasteiger partial charge in [-0.15, -0.1) is 0 Å². The SMILES string of the molecule is Nc1ccc(NCC(F)F)nc1OCC1CC1. The van der Waals surface area contributed by atoms with Crippen LogP contribution in [-0.4, -0.2) is 24.6 Å². The van der Waals surface area contributed by atoms with E-state index in [0.29, 0.717) is 29.9 Å². The number of aromatic nitrogens is 1. The van der Waals surface area contributed by atoms with Crippen LogP contribution in [0.15, 0.2) is 12.1 Å². The van der Waals surface area contributed by atoms with Gasteiger partial charge in [0.05, 0.1) is 18.8 Å². The van der Waals surface area contributed by atoms with Crippen molar-refractivity contribution in [1.29, 1.82) is 0 Å². The van der Waals surface area contributed by atoms with Crippen molar-refractivity contribution in [2.24, 2.45) is 5.92 Å². The van der Waals surface area contributed by atoms with Crippen LogP contribution < -0.4 is 15.8 Å². The van der Waals surface area contributed by atoms with Crippen molar-refractivity contribution in [3.05, 3.63) is 12.1 Å². The highest BCUT2D eigenvalue weighted by atomic mass is 19.3. The van der Waals surface area contributed by atoms with Crippen molar-refractivity contribution in [1.82, 2.24) is 4.98 Å². The van der Waals surface area contributed by atoms with Gasteiger partial charge < -0.3 is 15.8 Å². The Bertz CT molecular complexity index is 383. The molecular weight excluding hydrogens is 228 g/mol. The van der Waals surface area contributed by atoms with Crippen LogP contribution >= 0.6 is 0 Å². The topological polar surface area (TPSA) is 60.2 Å². The number of hydrogen-bond donors (Lipinski definition) is 2. The first-order valence-corrected chi connectivity index (χ1v) is 5.56. The maximum absolute atomic E-state index is 12.0. The summed E-state index contributed by atoms with van der Waals surface area (Å²) in [5, 5.41) is 2.52. The molecule has 17 heavy (non-hydrogen) atoms. The van der Waals surface area contributed by atoms with E-state index in [0.717, 1.165) is 0 Å². The highest BCUT2D eigenvalue weighted by Gasteiger charge is 2.22. The van der Waals surface area contributed by atoms with E-state index >= 15 is 0 Å². The van der Waals surface area contributed by atoms with Gasteiger partial charge in [0.1, 0.15) is 5.82 Å². The Balaban J connectivity index is 1.94. The molecule has 0 radical (unpaired) electrons. The first-order valence-electron chi connectivity index (χ1n) is 5.56. The fourth-order valence-electron chi connectivity index (χ4n) is 1.33. The Labute approximate surface area is 98.2 Å². The zero-order valence-electron chi connectivity index (χ0n) is 9.33. The van der Waals surface area contributed by atoms with Gasteiger partial charge in [0.15, 0.2) is 0 Å². The van der Waals surface area contributed by atoms with E-state index in [-0.39, 0.29) is 0 Å². The molecule has 1 aliphatic rings. The number of anilines is 2. The van der Waals surface area contributed by atoms with Gasteiger partial charge in [0, 0.05) is 0 Å². The minimum absolute atomic E-state index is 0.316. The maximum Gasteiger partial charge on any atom is 0.255 e. The molecule has 0 atom stereocenters. The Morgan fingerprint density at radius 1 is 1.47 bits per heavy atom. The second-order valence-electron chi connectivity index (χ2n) is 4.12. The average molecular weight is 243 g/mol. The zero-order valence-corrected chi connectivity index (χ0v) is 9.33. The Hall–Kier alpha value is -1.59. The summed E-state index contributed by atoms with van der Waals surface area (Å²) in [7, 11) is 0. The molecule has 6 heteroatoms. The predicted molar refractivity (Wildman–Crippen MR) is 61.4 cm³/mol. The number of hydrogen-bond acceptors (Lipinski definition) is 4. The summed E-state index contributed by atoms with van der Waals surface area (Å²) in [5.74, 6) is 1.26. The minimum Gasteiger partial charge on any atom is -0.476 e. The van der Waals surface area contributed by atoms with Gasteiger partial charge in [-0.2, -0.15) is 4.98 Å². The molecule has 3 N–H and O–H groups in total. The molecule has 1 heterocycles. The molecule has 94 valence electrons. The number of halogens is 2. The number of rotatable bonds is 6. The van der Waals surface area contributed by atoms with Crippen molar-refractivity contribution in [2.75, 3.05) is 24.2 Å². The zero-order chi connectivity index (χ0) is 12.3. The van der Waals surface area contributed by atoms with E-state index in [1.54, 1.807) is 12.1 Å². The summed E-state index contributed by atoms with van der Waals surface area (Å²) in [6, 6.07) is 3.16. The molecule has 0 aromatic carbocycles. The highest BCUT2D eigenvalue weighted by Crippen LogP contribution is 2.30. The van der Waals surface area contributed by atoms with Crippen LogP contribution in [0.1, 0.15) is 12.8 Å². The largest absolute Gasteiger partial charge is 0.476 e. The molecule has 1 aliphatic carbocycles. The van der Waals surface area contributed by atoms with Crippen LogP contribution in [0.2, 0.25) is 0 Å². The third kappa shape index (κ3) is 3.72. The van der Waals surface area contributed by atoms with Crippen LogP contribution in [0, 0.1) is 5.92 Å². The van der Waals surface area contributed by atoms with Crippen LogP contribution in [0.3, 0.4) is 0 Å². The summed E-state index contributed by atoms with van der Waals surface area (Å²) in [4.78, 5) is 4.05. The Kier molecular flexibility index (Phi) is 3.61. The van der Waals surface area contributed by atoms with Crippen molar-refractivity contribution in [2.45, 2.75) is 19.3 Å². The summed E-state index contributed by atoms with van der Waals surface area (Å²) in [6.45, 7) is 0.161. The molecule has 4 nitrogen and oxygen atoms in total. The second kappa shape index (κ2) is 5.16. The summed E-state index contributed by atoms with van der Waals surface area (Å²) in [6.07, 6.45) is -0.0721. The number of alkyl halides is 2. The molecule has 0 amide bonds. The minimum atomic E-state index is -2.41. The summed E-state index contributed by atoms with van der Waals surface area (Å²) >= 11 is 0. The smallest absolute Gasteiger partial charge is 0.255 e. The quantitative estimate of drug-likeness (QED) is 0.803. The number of nitrogen functional groups attached to an aromatic ring is 1. The first-order chi connectivity index (χ1) is 8.15. The second-order valence-corrected chi connectivity index (χ2v) is 4.12. The Morgan fingerprint density at radius 2 is 2.24 bits per heavy atom. The van der Waals surface area contributed by atoms with Gasteiger partial charge in [-0.25, -0.2) is 8.78 Å². The maximum atomic E-state index is 12.0. The van der Waals surface area contributed by atoms with Crippen LogP contribution in [0.5, 0.6) is 5.88 Å². The normalized spacial score (nSPS) is 15.0. The van der Waals surface area contributed by atoms with E-state index in [1.165, 1.54) is 12.8 Å². The van der Waals surface area contributed by atoms with Crippen LogP contribution in [0.25, 0.3) is 0 Å². The predicted octanol–water partition coefficient (Wildman–Crippen LogP) is 2.13.